The normalized spacial score (nSPS) is 26.8. The van der Waals surface area contributed by atoms with Crippen molar-refractivity contribution >= 4 is 6.47 Å². The average Bonchev–Trinajstić information content (AvgIpc) is 2.87. The highest BCUT2D eigenvalue weighted by Gasteiger charge is 2.46. The number of hydrogen-bond donors (Lipinski definition) is 0. The topological polar surface area (TPSA) is 38.8 Å². The van der Waals surface area contributed by atoms with Crippen molar-refractivity contribution in [3.8, 4) is 0 Å². The van der Waals surface area contributed by atoms with Crippen molar-refractivity contribution in [3.05, 3.63) is 0 Å². The van der Waals surface area contributed by atoms with Crippen molar-refractivity contribution < 1.29 is 14.3 Å². The number of ether oxygens (including phenoxy) is 2. The number of morpholine rings is 1. The van der Waals surface area contributed by atoms with Crippen molar-refractivity contribution in [3.63, 3.8) is 0 Å². The monoisotopic (exact) mass is 185 g/mol. The van der Waals surface area contributed by atoms with Gasteiger partial charge in [-0.25, -0.2) is 0 Å². The van der Waals surface area contributed by atoms with Crippen molar-refractivity contribution in [2.75, 3.05) is 32.8 Å². The molecule has 0 unspecified atom stereocenters. The van der Waals surface area contributed by atoms with E-state index in [-0.39, 0.29) is 5.60 Å². The third kappa shape index (κ3) is 2.19. The minimum atomic E-state index is -0.140. The van der Waals surface area contributed by atoms with Gasteiger partial charge in [0.05, 0.1) is 13.2 Å². The third-order valence-electron chi connectivity index (χ3n) is 2.72. The maximum atomic E-state index is 10.2. The Morgan fingerprint density at radius 1 is 1.38 bits per heavy atom. The van der Waals surface area contributed by atoms with E-state index in [9.17, 15) is 4.79 Å². The zero-order valence-electron chi connectivity index (χ0n) is 7.70. The molecule has 1 saturated carbocycles. The maximum Gasteiger partial charge on any atom is 0.293 e. The Hall–Kier alpha value is -0.610. The summed E-state index contributed by atoms with van der Waals surface area (Å²) in [4.78, 5) is 12.5. The van der Waals surface area contributed by atoms with Crippen LogP contribution in [0.5, 0.6) is 0 Å². The minimum Gasteiger partial charge on any atom is -0.460 e. The second-order valence-corrected chi connectivity index (χ2v) is 3.79. The molecule has 1 aliphatic heterocycles. The molecule has 0 N–H and O–H groups in total. The number of hydrogen-bond acceptors (Lipinski definition) is 4. The Labute approximate surface area is 77.8 Å². The quantitative estimate of drug-likeness (QED) is 0.579. The van der Waals surface area contributed by atoms with Crippen LogP contribution in [0.25, 0.3) is 0 Å². The van der Waals surface area contributed by atoms with Gasteiger partial charge in [-0.3, -0.25) is 9.69 Å². The number of rotatable bonds is 4. The highest BCUT2D eigenvalue weighted by molar-refractivity contribution is 5.39. The zero-order valence-corrected chi connectivity index (χ0v) is 7.70. The van der Waals surface area contributed by atoms with E-state index in [1.165, 1.54) is 0 Å². The van der Waals surface area contributed by atoms with Gasteiger partial charge >= 0.3 is 0 Å². The average molecular weight is 185 g/mol. The predicted octanol–water partition coefficient (Wildman–Crippen LogP) is 0.0242. The summed E-state index contributed by atoms with van der Waals surface area (Å²) in [6, 6.07) is 0. The SMILES string of the molecule is O=COC1(CN2CCOCC2)CC1. The molecule has 0 bridgehead atoms. The molecule has 2 rings (SSSR count). The van der Waals surface area contributed by atoms with Crippen molar-refractivity contribution in [1.29, 1.82) is 0 Å². The molecule has 0 atom stereocenters. The fraction of sp³-hybridized carbons (Fsp3) is 0.889. The second-order valence-electron chi connectivity index (χ2n) is 3.79. The van der Waals surface area contributed by atoms with Crippen molar-refractivity contribution in [1.82, 2.24) is 4.90 Å². The zero-order chi connectivity index (χ0) is 9.15. The molecule has 2 fully saturated rings. The first-order chi connectivity index (χ1) is 6.35. The number of carbonyl (C=O) groups excluding carboxylic acids is 1. The molecule has 2 aliphatic rings. The lowest BCUT2D eigenvalue weighted by molar-refractivity contribution is -0.137. The molecule has 1 heterocycles. The molecule has 0 aromatic carbocycles. The van der Waals surface area contributed by atoms with Crippen LogP contribution in [0.1, 0.15) is 12.8 Å². The van der Waals surface area contributed by atoms with Crippen molar-refractivity contribution in [2.45, 2.75) is 18.4 Å². The van der Waals surface area contributed by atoms with E-state index in [1.54, 1.807) is 0 Å². The fourth-order valence-electron chi connectivity index (χ4n) is 1.72. The highest BCUT2D eigenvalue weighted by Crippen LogP contribution is 2.39. The highest BCUT2D eigenvalue weighted by atomic mass is 16.5. The van der Waals surface area contributed by atoms with Gasteiger partial charge in [0.2, 0.25) is 0 Å². The lowest BCUT2D eigenvalue weighted by Crippen LogP contribution is -2.42. The standard InChI is InChI=1S/C9H15NO3/c11-8-13-9(1-2-9)7-10-3-5-12-6-4-10/h8H,1-7H2. The van der Waals surface area contributed by atoms with Gasteiger partial charge in [0.25, 0.3) is 6.47 Å². The first-order valence-corrected chi connectivity index (χ1v) is 4.76. The third-order valence-corrected chi connectivity index (χ3v) is 2.72. The Kier molecular flexibility index (Phi) is 2.51. The number of nitrogens with zero attached hydrogens (tertiary/aromatic N) is 1. The fourth-order valence-corrected chi connectivity index (χ4v) is 1.72. The molecule has 1 saturated heterocycles. The van der Waals surface area contributed by atoms with Gasteiger partial charge in [-0.2, -0.15) is 0 Å². The van der Waals surface area contributed by atoms with Gasteiger partial charge in [0.1, 0.15) is 5.60 Å². The molecule has 74 valence electrons. The molecular weight excluding hydrogens is 170 g/mol. The van der Waals surface area contributed by atoms with Crippen LogP contribution in [0.2, 0.25) is 0 Å². The molecule has 1 aliphatic carbocycles. The van der Waals surface area contributed by atoms with E-state index in [4.69, 9.17) is 9.47 Å². The van der Waals surface area contributed by atoms with E-state index in [0.29, 0.717) is 6.47 Å². The smallest absolute Gasteiger partial charge is 0.293 e. The van der Waals surface area contributed by atoms with Crippen LogP contribution in [0.4, 0.5) is 0 Å². The van der Waals surface area contributed by atoms with Gasteiger partial charge < -0.3 is 9.47 Å². The van der Waals surface area contributed by atoms with Crippen LogP contribution in [0.3, 0.4) is 0 Å². The molecule has 0 aromatic rings. The molecule has 0 aromatic heterocycles. The summed E-state index contributed by atoms with van der Waals surface area (Å²) in [5, 5.41) is 0. The summed E-state index contributed by atoms with van der Waals surface area (Å²) in [5.41, 5.74) is -0.140. The lowest BCUT2D eigenvalue weighted by atomic mass is 10.3. The summed E-state index contributed by atoms with van der Waals surface area (Å²) < 4.78 is 10.3. The lowest BCUT2D eigenvalue weighted by Gasteiger charge is -2.29. The van der Waals surface area contributed by atoms with Gasteiger partial charge in [0, 0.05) is 19.6 Å². The Morgan fingerprint density at radius 2 is 2.08 bits per heavy atom. The Balaban J connectivity index is 1.78. The molecule has 13 heavy (non-hydrogen) atoms. The van der Waals surface area contributed by atoms with Crippen LogP contribution < -0.4 is 0 Å². The van der Waals surface area contributed by atoms with Crippen LogP contribution in [0.15, 0.2) is 0 Å². The Morgan fingerprint density at radius 3 is 2.62 bits per heavy atom. The maximum absolute atomic E-state index is 10.2. The van der Waals surface area contributed by atoms with E-state index < -0.39 is 0 Å². The van der Waals surface area contributed by atoms with Gasteiger partial charge in [-0.05, 0) is 12.8 Å². The predicted molar refractivity (Wildman–Crippen MR) is 46.4 cm³/mol. The van der Waals surface area contributed by atoms with E-state index in [2.05, 4.69) is 4.90 Å². The molecule has 4 heteroatoms. The minimum absolute atomic E-state index is 0.140. The van der Waals surface area contributed by atoms with Crippen LogP contribution in [-0.4, -0.2) is 49.8 Å². The first-order valence-electron chi connectivity index (χ1n) is 4.76. The summed E-state index contributed by atoms with van der Waals surface area (Å²) in [6.45, 7) is 4.99. The van der Waals surface area contributed by atoms with Crippen LogP contribution in [0, 0.1) is 0 Å². The molecule has 4 nitrogen and oxygen atoms in total. The first kappa shape index (κ1) is 8.97. The molecule has 0 amide bonds. The molecular formula is C9H15NO3. The second kappa shape index (κ2) is 3.64. The van der Waals surface area contributed by atoms with E-state index >= 15 is 0 Å². The van der Waals surface area contributed by atoms with Crippen LogP contribution >= 0.6 is 0 Å². The largest absolute Gasteiger partial charge is 0.460 e. The molecule has 0 spiro atoms. The van der Waals surface area contributed by atoms with Crippen LogP contribution in [-0.2, 0) is 14.3 Å². The van der Waals surface area contributed by atoms with E-state index in [1.807, 2.05) is 0 Å². The summed E-state index contributed by atoms with van der Waals surface area (Å²) >= 11 is 0. The number of carbonyl (C=O) groups is 1. The summed E-state index contributed by atoms with van der Waals surface area (Å²) in [7, 11) is 0. The summed E-state index contributed by atoms with van der Waals surface area (Å²) in [5.74, 6) is 0. The van der Waals surface area contributed by atoms with Crippen molar-refractivity contribution in [2.24, 2.45) is 0 Å². The summed E-state index contributed by atoms with van der Waals surface area (Å²) in [6.07, 6.45) is 2.03. The van der Waals surface area contributed by atoms with Gasteiger partial charge in [0.15, 0.2) is 0 Å². The van der Waals surface area contributed by atoms with Gasteiger partial charge in [-0.1, -0.05) is 0 Å². The molecule has 0 radical (unpaired) electrons. The van der Waals surface area contributed by atoms with Gasteiger partial charge in [-0.15, -0.1) is 0 Å². The van der Waals surface area contributed by atoms with E-state index in [0.717, 1.165) is 45.7 Å². The Bertz CT molecular complexity index is 185.